The Labute approximate surface area is 105 Å². The molecule has 94 valence electrons. The molecule has 0 aromatic heterocycles. The molecule has 0 amide bonds. The zero-order valence-electron chi connectivity index (χ0n) is 10.8. The quantitative estimate of drug-likeness (QED) is 0.761. The minimum absolute atomic E-state index is 0.675. The molecule has 1 fully saturated rings. The van der Waals surface area contributed by atoms with Gasteiger partial charge in [-0.15, -0.1) is 0 Å². The number of nitrogens with one attached hydrogen (secondary N) is 2. The molecule has 1 aromatic carbocycles. The Balaban J connectivity index is 1.60. The van der Waals surface area contributed by atoms with Gasteiger partial charge in [0.15, 0.2) is 0 Å². The molecule has 0 radical (unpaired) electrons. The molecule has 0 saturated carbocycles. The minimum atomic E-state index is 0.675. The summed E-state index contributed by atoms with van der Waals surface area (Å²) in [6.45, 7) is 5.77. The van der Waals surface area contributed by atoms with Crippen molar-refractivity contribution >= 4 is 0 Å². The van der Waals surface area contributed by atoms with E-state index >= 15 is 0 Å². The van der Waals surface area contributed by atoms with E-state index in [1.165, 1.54) is 31.4 Å². The van der Waals surface area contributed by atoms with E-state index < -0.39 is 0 Å². The van der Waals surface area contributed by atoms with Crippen LogP contribution in [0, 0.1) is 5.92 Å². The van der Waals surface area contributed by atoms with Crippen LogP contribution in [0.1, 0.15) is 25.3 Å². The number of rotatable bonds is 5. The summed E-state index contributed by atoms with van der Waals surface area (Å²) in [5.74, 6) is 0.815. The lowest BCUT2D eigenvalue weighted by Crippen LogP contribution is -2.46. The third-order valence-electron chi connectivity index (χ3n) is 3.49. The average molecular weight is 232 g/mol. The fourth-order valence-corrected chi connectivity index (χ4v) is 2.56. The van der Waals surface area contributed by atoms with E-state index in [1.807, 2.05) is 0 Å². The maximum absolute atomic E-state index is 3.66. The van der Waals surface area contributed by atoms with Crippen LogP contribution in [-0.4, -0.2) is 25.7 Å². The molecule has 1 saturated heterocycles. The molecule has 2 heteroatoms. The zero-order valence-corrected chi connectivity index (χ0v) is 10.8. The van der Waals surface area contributed by atoms with Crippen LogP contribution in [-0.2, 0) is 6.42 Å². The van der Waals surface area contributed by atoms with Crippen molar-refractivity contribution in [1.29, 1.82) is 0 Å². The van der Waals surface area contributed by atoms with Crippen molar-refractivity contribution in [1.82, 2.24) is 10.6 Å². The van der Waals surface area contributed by atoms with Crippen molar-refractivity contribution in [3.63, 3.8) is 0 Å². The van der Waals surface area contributed by atoms with Gasteiger partial charge in [0.05, 0.1) is 0 Å². The van der Waals surface area contributed by atoms with E-state index in [0.29, 0.717) is 6.04 Å². The molecule has 0 bridgehead atoms. The van der Waals surface area contributed by atoms with Crippen LogP contribution in [0.4, 0.5) is 0 Å². The number of hydrogen-bond acceptors (Lipinski definition) is 2. The number of benzene rings is 1. The van der Waals surface area contributed by atoms with Gasteiger partial charge in [0.1, 0.15) is 0 Å². The normalized spacial score (nSPS) is 24.8. The topological polar surface area (TPSA) is 24.1 Å². The lowest BCUT2D eigenvalue weighted by Gasteiger charge is -2.28. The van der Waals surface area contributed by atoms with Crippen LogP contribution in [0.15, 0.2) is 30.3 Å². The second-order valence-electron chi connectivity index (χ2n) is 5.24. The maximum atomic E-state index is 3.66. The molecule has 1 aliphatic heterocycles. The van der Waals surface area contributed by atoms with Crippen LogP contribution in [0.5, 0.6) is 0 Å². The molecule has 17 heavy (non-hydrogen) atoms. The highest BCUT2D eigenvalue weighted by molar-refractivity contribution is 5.14. The summed E-state index contributed by atoms with van der Waals surface area (Å²) in [7, 11) is 0. The van der Waals surface area contributed by atoms with Crippen molar-refractivity contribution in [2.75, 3.05) is 19.6 Å². The predicted molar refractivity (Wildman–Crippen MR) is 73.2 cm³/mol. The van der Waals surface area contributed by atoms with Gasteiger partial charge in [-0.05, 0) is 43.8 Å². The second kappa shape index (κ2) is 6.77. The number of piperidine rings is 1. The Hall–Kier alpha value is -0.860. The van der Waals surface area contributed by atoms with E-state index in [0.717, 1.165) is 19.0 Å². The molecule has 0 spiro atoms. The van der Waals surface area contributed by atoms with Crippen molar-refractivity contribution in [2.24, 2.45) is 5.92 Å². The Morgan fingerprint density at radius 3 is 2.82 bits per heavy atom. The third kappa shape index (κ3) is 4.49. The second-order valence-corrected chi connectivity index (χ2v) is 5.24. The van der Waals surface area contributed by atoms with Crippen molar-refractivity contribution in [2.45, 2.75) is 32.2 Å². The summed E-state index contributed by atoms with van der Waals surface area (Å²) >= 11 is 0. The molecular weight excluding hydrogens is 208 g/mol. The highest BCUT2D eigenvalue weighted by Crippen LogP contribution is 2.09. The lowest BCUT2D eigenvalue weighted by molar-refractivity contribution is 0.319. The van der Waals surface area contributed by atoms with Gasteiger partial charge in [-0.2, -0.15) is 0 Å². The molecule has 1 aromatic rings. The van der Waals surface area contributed by atoms with E-state index in [2.05, 4.69) is 47.9 Å². The minimum Gasteiger partial charge on any atom is -0.315 e. The van der Waals surface area contributed by atoms with Crippen LogP contribution in [0.3, 0.4) is 0 Å². The first-order valence-electron chi connectivity index (χ1n) is 6.82. The summed E-state index contributed by atoms with van der Waals surface area (Å²) in [5, 5.41) is 7.14. The van der Waals surface area contributed by atoms with Gasteiger partial charge in [0.2, 0.25) is 0 Å². The van der Waals surface area contributed by atoms with Gasteiger partial charge in [-0.3, -0.25) is 0 Å². The highest BCUT2D eigenvalue weighted by atomic mass is 15.0. The molecule has 1 aliphatic rings. The van der Waals surface area contributed by atoms with E-state index in [-0.39, 0.29) is 0 Å². The fraction of sp³-hybridized carbons (Fsp3) is 0.600. The van der Waals surface area contributed by atoms with Crippen molar-refractivity contribution in [3.8, 4) is 0 Å². The first kappa shape index (κ1) is 12.6. The van der Waals surface area contributed by atoms with Gasteiger partial charge in [0.25, 0.3) is 0 Å². The largest absolute Gasteiger partial charge is 0.315 e. The van der Waals surface area contributed by atoms with E-state index in [1.54, 1.807) is 0 Å². The fourth-order valence-electron chi connectivity index (χ4n) is 2.56. The monoisotopic (exact) mass is 232 g/mol. The Bertz CT molecular complexity index is 310. The highest BCUT2D eigenvalue weighted by Gasteiger charge is 2.16. The van der Waals surface area contributed by atoms with Gasteiger partial charge < -0.3 is 10.6 Å². The van der Waals surface area contributed by atoms with E-state index in [4.69, 9.17) is 0 Å². The third-order valence-corrected chi connectivity index (χ3v) is 3.49. The van der Waals surface area contributed by atoms with Crippen LogP contribution in [0.2, 0.25) is 0 Å². The van der Waals surface area contributed by atoms with Gasteiger partial charge in [0, 0.05) is 12.6 Å². The predicted octanol–water partition coefficient (Wildman–Crippen LogP) is 2.21. The van der Waals surface area contributed by atoms with Gasteiger partial charge in [-0.25, -0.2) is 0 Å². The summed E-state index contributed by atoms with van der Waals surface area (Å²) in [4.78, 5) is 0. The van der Waals surface area contributed by atoms with Crippen LogP contribution in [0.25, 0.3) is 0 Å². The number of aryl methyl sites for hydroxylation is 1. The molecular formula is C15H24N2. The molecule has 2 rings (SSSR count). The van der Waals surface area contributed by atoms with Crippen molar-refractivity contribution in [3.05, 3.63) is 35.9 Å². The lowest BCUT2D eigenvalue weighted by atomic mass is 9.97. The molecule has 2 unspecified atom stereocenters. The first-order chi connectivity index (χ1) is 8.34. The smallest absolute Gasteiger partial charge is 0.0195 e. The SMILES string of the molecule is CC1CNCC(NCCCc2ccccc2)C1. The molecule has 0 aliphatic carbocycles. The van der Waals surface area contributed by atoms with Gasteiger partial charge >= 0.3 is 0 Å². The summed E-state index contributed by atoms with van der Waals surface area (Å²) in [6.07, 6.45) is 3.73. The summed E-state index contributed by atoms with van der Waals surface area (Å²) < 4.78 is 0. The molecule has 2 nitrogen and oxygen atoms in total. The van der Waals surface area contributed by atoms with Gasteiger partial charge in [-0.1, -0.05) is 37.3 Å². The molecule has 2 atom stereocenters. The number of hydrogen-bond donors (Lipinski definition) is 2. The van der Waals surface area contributed by atoms with E-state index in [9.17, 15) is 0 Å². The average Bonchev–Trinajstić information content (AvgIpc) is 2.36. The Morgan fingerprint density at radius 2 is 2.06 bits per heavy atom. The van der Waals surface area contributed by atoms with Crippen molar-refractivity contribution < 1.29 is 0 Å². The Kier molecular flexibility index (Phi) is 5.02. The summed E-state index contributed by atoms with van der Waals surface area (Å²) in [6, 6.07) is 11.4. The van der Waals surface area contributed by atoms with Crippen LogP contribution >= 0.6 is 0 Å². The standard InChI is InChI=1S/C15H24N2/c1-13-10-15(12-16-11-13)17-9-5-8-14-6-3-2-4-7-14/h2-4,6-7,13,15-17H,5,8-12H2,1H3. The first-order valence-corrected chi connectivity index (χ1v) is 6.82. The summed E-state index contributed by atoms with van der Waals surface area (Å²) in [5.41, 5.74) is 1.45. The zero-order chi connectivity index (χ0) is 11.9. The maximum Gasteiger partial charge on any atom is 0.0195 e. The Morgan fingerprint density at radius 1 is 1.24 bits per heavy atom. The molecule has 1 heterocycles. The van der Waals surface area contributed by atoms with Crippen LogP contribution < -0.4 is 10.6 Å². The molecule has 2 N–H and O–H groups in total.